The van der Waals surface area contributed by atoms with Crippen molar-refractivity contribution in [1.82, 2.24) is 15.1 Å². The Morgan fingerprint density at radius 2 is 2.35 bits per heavy atom. The Bertz CT molecular complexity index is 675. The molecule has 0 aliphatic carbocycles. The molecule has 0 bridgehead atoms. The molecule has 1 fully saturated rings. The number of aryl methyl sites for hydroxylation is 1. The van der Waals surface area contributed by atoms with Crippen LogP contribution in [0, 0.1) is 12.7 Å². The third kappa shape index (κ3) is 1.96. The number of benzene rings is 1. The number of carbonyl (C=O) groups excluding carboxylic acids is 1. The van der Waals surface area contributed by atoms with Crippen molar-refractivity contribution in [2.75, 3.05) is 20.2 Å². The number of fused-ring (bicyclic) bond motifs is 1. The highest BCUT2D eigenvalue weighted by atomic mass is 19.1. The van der Waals surface area contributed by atoms with Crippen molar-refractivity contribution in [3.8, 4) is 0 Å². The van der Waals surface area contributed by atoms with Gasteiger partial charge in [-0.25, -0.2) is 9.18 Å². The van der Waals surface area contributed by atoms with Gasteiger partial charge in [0, 0.05) is 18.0 Å². The van der Waals surface area contributed by atoms with Gasteiger partial charge in [0.2, 0.25) is 0 Å². The van der Waals surface area contributed by atoms with Crippen molar-refractivity contribution < 1.29 is 13.9 Å². The molecular weight excluding hydrogens is 261 g/mol. The minimum Gasteiger partial charge on any atom is -0.465 e. The molecule has 6 heteroatoms. The average molecular weight is 277 g/mol. The molecule has 1 atom stereocenters. The molecule has 0 amide bonds. The first-order valence-electron chi connectivity index (χ1n) is 6.59. The van der Waals surface area contributed by atoms with Crippen molar-refractivity contribution in [3.05, 3.63) is 29.2 Å². The largest absolute Gasteiger partial charge is 0.465 e. The maximum atomic E-state index is 14.1. The molecule has 2 heterocycles. The van der Waals surface area contributed by atoms with Crippen molar-refractivity contribution in [1.29, 1.82) is 0 Å². The van der Waals surface area contributed by atoms with E-state index in [4.69, 9.17) is 0 Å². The summed E-state index contributed by atoms with van der Waals surface area (Å²) in [5.74, 6) is -1.24. The Balaban J connectivity index is 2.17. The lowest BCUT2D eigenvalue weighted by Gasteiger charge is -2.11. The van der Waals surface area contributed by atoms with E-state index in [1.165, 1.54) is 19.2 Å². The Hall–Kier alpha value is -1.95. The molecule has 5 nitrogen and oxygen atoms in total. The van der Waals surface area contributed by atoms with Crippen LogP contribution in [0.5, 0.6) is 0 Å². The number of methoxy groups -OCH3 is 1. The Morgan fingerprint density at radius 3 is 3.00 bits per heavy atom. The number of ether oxygens (including phenoxy) is 1. The molecule has 1 aromatic heterocycles. The van der Waals surface area contributed by atoms with Crippen molar-refractivity contribution in [3.63, 3.8) is 0 Å². The van der Waals surface area contributed by atoms with E-state index in [0.717, 1.165) is 36.1 Å². The summed E-state index contributed by atoms with van der Waals surface area (Å²) in [6.45, 7) is 3.63. The summed E-state index contributed by atoms with van der Waals surface area (Å²) in [4.78, 5) is 11.6. The Labute approximate surface area is 115 Å². The summed E-state index contributed by atoms with van der Waals surface area (Å²) in [5.41, 5.74) is 1.46. The maximum absolute atomic E-state index is 14.1. The highest BCUT2D eigenvalue weighted by Gasteiger charge is 2.23. The van der Waals surface area contributed by atoms with Crippen LogP contribution in [0.3, 0.4) is 0 Å². The van der Waals surface area contributed by atoms with E-state index in [0.29, 0.717) is 0 Å². The number of esters is 1. The quantitative estimate of drug-likeness (QED) is 0.851. The molecule has 1 saturated heterocycles. The molecule has 2 aromatic rings. The minimum absolute atomic E-state index is 0.0489. The lowest BCUT2D eigenvalue weighted by atomic mass is 10.1. The van der Waals surface area contributed by atoms with Crippen molar-refractivity contribution >= 4 is 16.9 Å². The smallest absolute Gasteiger partial charge is 0.340 e. The molecule has 20 heavy (non-hydrogen) atoms. The predicted molar refractivity (Wildman–Crippen MR) is 72.3 cm³/mol. The SMILES string of the molecule is COC(=O)c1cc2c(C)nn([C@@H]3CCNC3)c2cc1F. The zero-order valence-electron chi connectivity index (χ0n) is 11.4. The fourth-order valence-corrected chi connectivity index (χ4v) is 2.70. The monoisotopic (exact) mass is 277 g/mol. The van der Waals surface area contributed by atoms with E-state index in [1.54, 1.807) is 0 Å². The Kier molecular flexibility index (Phi) is 3.17. The number of nitrogens with one attached hydrogen (secondary N) is 1. The molecular formula is C14H16FN3O2. The highest BCUT2D eigenvalue weighted by molar-refractivity contribution is 5.95. The normalized spacial score (nSPS) is 18.6. The van der Waals surface area contributed by atoms with Gasteiger partial charge in [0.1, 0.15) is 5.82 Å². The second kappa shape index (κ2) is 4.86. The van der Waals surface area contributed by atoms with Gasteiger partial charge in [-0.15, -0.1) is 0 Å². The van der Waals surface area contributed by atoms with Gasteiger partial charge in [0.15, 0.2) is 0 Å². The van der Waals surface area contributed by atoms with Crippen LogP contribution in [0.4, 0.5) is 4.39 Å². The highest BCUT2D eigenvalue weighted by Crippen LogP contribution is 2.27. The average Bonchev–Trinajstić information content (AvgIpc) is 3.06. The van der Waals surface area contributed by atoms with Crippen LogP contribution in [0.15, 0.2) is 12.1 Å². The van der Waals surface area contributed by atoms with Crippen LogP contribution in [-0.2, 0) is 4.74 Å². The van der Waals surface area contributed by atoms with Crippen molar-refractivity contribution in [2.24, 2.45) is 0 Å². The predicted octanol–water partition coefficient (Wildman–Crippen LogP) is 1.80. The van der Waals surface area contributed by atoms with Gasteiger partial charge < -0.3 is 10.1 Å². The molecule has 1 aromatic carbocycles. The third-order valence-corrected chi connectivity index (χ3v) is 3.77. The summed E-state index contributed by atoms with van der Waals surface area (Å²) >= 11 is 0. The number of halogens is 1. The van der Waals surface area contributed by atoms with Crippen LogP contribution in [-0.4, -0.2) is 35.9 Å². The van der Waals surface area contributed by atoms with Gasteiger partial charge in [-0.1, -0.05) is 0 Å². The molecule has 0 spiro atoms. The molecule has 0 unspecified atom stereocenters. The second-order valence-corrected chi connectivity index (χ2v) is 5.02. The third-order valence-electron chi connectivity index (χ3n) is 3.77. The summed E-state index contributed by atoms with van der Waals surface area (Å²) < 4.78 is 20.5. The minimum atomic E-state index is -0.668. The van der Waals surface area contributed by atoms with Gasteiger partial charge in [-0.2, -0.15) is 5.10 Å². The van der Waals surface area contributed by atoms with Crippen molar-refractivity contribution in [2.45, 2.75) is 19.4 Å². The fraction of sp³-hybridized carbons (Fsp3) is 0.429. The molecule has 1 aliphatic heterocycles. The number of aromatic nitrogens is 2. The number of nitrogens with zero attached hydrogens (tertiary/aromatic N) is 2. The summed E-state index contributed by atoms with van der Waals surface area (Å²) in [5, 5.41) is 8.56. The van der Waals surface area contributed by atoms with Crippen LogP contribution in [0.2, 0.25) is 0 Å². The summed E-state index contributed by atoms with van der Waals surface area (Å²) in [6.07, 6.45) is 0.969. The van der Waals surface area contributed by atoms with E-state index < -0.39 is 11.8 Å². The van der Waals surface area contributed by atoms with E-state index in [9.17, 15) is 9.18 Å². The van der Waals surface area contributed by atoms with Gasteiger partial charge in [0.25, 0.3) is 0 Å². The molecule has 0 saturated carbocycles. The van der Waals surface area contributed by atoms with Crippen LogP contribution in [0.1, 0.15) is 28.5 Å². The standard InChI is InChI=1S/C14H16FN3O2/c1-8-10-5-11(14(19)20-2)12(15)6-13(10)18(17-8)9-3-4-16-7-9/h5-6,9,16H,3-4,7H2,1-2H3/t9-/m1/s1. The van der Waals surface area contributed by atoms with Crippen LogP contribution >= 0.6 is 0 Å². The Morgan fingerprint density at radius 1 is 1.55 bits per heavy atom. The van der Waals surface area contributed by atoms with Gasteiger partial charge >= 0.3 is 5.97 Å². The fourth-order valence-electron chi connectivity index (χ4n) is 2.70. The first-order chi connectivity index (χ1) is 9.61. The maximum Gasteiger partial charge on any atom is 0.340 e. The number of hydrogen-bond acceptors (Lipinski definition) is 4. The second-order valence-electron chi connectivity index (χ2n) is 5.02. The lowest BCUT2D eigenvalue weighted by molar-refractivity contribution is 0.0596. The molecule has 106 valence electrons. The van der Waals surface area contributed by atoms with Gasteiger partial charge in [-0.05, 0) is 26.0 Å². The van der Waals surface area contributed by atoms with Gasteiger partial charge in [0.05, 0.1) is 29.9 Å². The van der Waals surface area contributed by atoms with Gasteiger partial charge in [-0.3, -0.25) is 4.68 Å². The lowest BCUT2D eigenvalue weighted by Crippen LogP contribution is -2.14. The van der Waals surface area contributed by atoms with Crippen LogP contribution in [0.25, 0.3) is 10.9 Å². The zero-order valence-corrected chi connectivity index (χ0v) is 11.4. The molecule has 1 N–H and O–H groups in total. The first kappa shape index (κ1) is 13.1. The van der Waals surface area contributed by atoms with E-state index in [2.05, 4.69) is 15.2 Å². The van der Waals surface area contributed by atoms with E-state index >= 15 is 0 Å². The summed E-state index contributed by atoms with van der Waals surface area (Å²) in [7, 11) is 1.24. The summed E-state index contributed by atoms with van der Waals surface area (Å²) in [6, 6.07) is 3.13. The first-order valence-corrected chi connectivity index (χ1v) is 6.59. The molecule has 0 radical (unpaired) electrons. The van der Waals surface area contributed by atoms with Crippen LogP contribution < -0.4 is 5.32 Å². The number of hydrogen-bond donors (Lipinski definition) is 1. The molecule has 3 rings (SSSR count). The topological polar surface area (TPSA) is 56.1 Å². The molecule has 1 aliphatic rings. The number of carbonyl (C=O) groups is 1. The number of rotatable bonds is 2. The van der Waals surface area contributed by atoms with E-state index in [-0.39, 0.29) is 11.6 Å². The van der Waals surface area contributed by atoms with E-state index in [1.807, 2.05) is 11.6 Å². The zero-order chi connectivity index (χ0) is 14.3.